The zero-order valence-corrected chi connectivity index (χ0v) is 17.3. The molecule has 1 saturated heterocycles. The number of amides is 2. The number of anilines is 1. The van der Waals surface area contributed by atoms with Crippen molar-refractivity contribution in [2.45, 2.75) is 26.7 Å². The average molecular weight is 410 g/mol. The molecule has 0 radical (unpaired) electrons. The summed E-state index contributed by atoms with van der Waals surface area (Å²) in [6, 6.07) is 9.72. The molecule has 1 fully saturated rings. The molecule has 0 aliphatic carbocycles. The van der Waals surface area contributed by atoms with E-state index in [2.05, 4.69) is 15.4 Å². The molecule has 150 valence electrons. The third-order valence-corrected chi connectivity index (χ3v) is 5.95. The number of nitrogens with one attached hydrogen (secondary N) is 1. The van der Waals surface area contributed by atoms with E-state index in [9.17, 15) is 9.59 Å². The number of carbonyl (C=O) groups excluding carboxylic acids is 2. The Morgan fingerprint density at radius 2 is 1.86 bits per heavy atom. The molecule has 3 aromatic rings. The maximum atomic E-state index is 12.6. The van der Waals surface area contributed by atoms with Gasteiger partial charge in [-0.15, -0.1) is 11.3 Å². The van der Waals surface area contributed by atoms with Gasteiger partial charge in [-0.1, -0.05) is 0 Å². The summed E-state index contributed by atoms with van der Waals surface area (Å²) in [5, 5.41) is 7.48. The number of aryl methyl sites for hydroxylation is 2. The van der Waals surface area contributed by atoms with Crippen LogP contribution in [0.2, 0.25) is 0 Å². The molecule has 7 nitrogen and oxygen atoms in total. The van der Waals surface area contributed by atoms with Crippen molar-refractivity contribution >= 4 is 28.8 Å². The molecule has 1 aromatic carbocycles. The van der Waals surface area contributed by atoms with E-state index in [1.807, 2.05) is 48.9 Å². The van der Waals surface area contributed by atoms with Gasteiger partial charge >= 0.3 is 0 Å². The molecule has 1 N–H and O–H groups in total. The molecule has 0 bridgehead atoms. The maximum Gasteiger partial charge on any atom is 0.265 e. The summed E-state index contributed by atoms with van der Waals surface area (Å²) >= 11 is 1.35. The molecule has 0 spiro atoms. The second-order valence-electron chi connectivity index (χ2n) is 7.31. The number of hydrogen-bond acceptors (Lipinski definition) is 5. The van der Waals surface area contributed by atoms with Crippen LogP contribution in [0.15, 0.2) is 42.0 Å². The molecule has 1 aliphatic rings. The van der Waals surface area contributed by atoms with Gasteiger partial charge in [0.05, 0.1) is 23.1 Å². The number of aromatic nitrogens is 3. The standard InChI is InChI=1S/C21H23N5O2S/c1-14-11-15(2)26(24-14)18-5-3-17(4-6-18)23-20(27)16-7-9-25(10-8-16)21(28)19-12-22-13-29-19/h3-6,11-13,16H,7-10H2,1-2H3,(H,23,27). The highest BCUT2D eigenvalue weighted by Gasteiger charge is 2.28. The van der Waals surface area contributed by atoms with Crippen LogP contribution in [0.3, 0.4) is 0 Å². The molecule has 1 aliphatic heterocycles. The van der Waals surface area contributed by atoms with Gasteiger partial charge in [0.1, 0.15) is 4.88 Å². The monoisotopic (exact) mass is 409 g/mol. The largest absolute Gasteiger partial charge is 0.338 e. The van der Waals surface area contributed by atoms with Crippen molar-refractivity contribution in [3.05, 3.63) is 58.3 Å². The Hall–Kier alpha value is -3.00. The van der Waals surface area contributed by atoms with Crippen LogP contribution in [0.4, 0.5) is 5.69 Å². The van der Waals surface area contributed by atoms with Crippen molar-refractivity contribution in [2.75, 3.05) is 18.4 Å². The van der Waals surface area contributed by atoms with Crippen molar-refractivity contribution in [3.63, 3.8) is 0 Å². The molecular weight excluding hydrogens is 386 g/mol. The summed E-state index contributed by atoms with van der Waals surface area (Å²) in [6.07, 6.45) is 2.93. The van der Waals surface area contributed by atoms with Crippen molar-refractivity contribution in [1.82, 2.24) is 19.7 Å². The Bertz CT molecular complexity index is 1000. The van der Waals surface area contributed by atoms with Gasteiger partial charge in [0.25, 0.3) is 5.91 Å². The number of hydrogen-bond donors (Lipinski definition) is 1. The Morgan fingerprint density at radius 3 is 2.45 bits per heavy atom. The predicted molar refractivity (Wildman–Crippen MR) is 112 cm³/mol. The van der Waals surface area contributed by atoms with Gasteiger partial charge in [-0.3, -0.25) is 14.6 Å². The lowest BCUT2D eigenvalue weighted by molar-refractivity contribution is -0.121. The first-order valence-electron chi connectivity index (χ1n) is 9.63. The summed E-state index contributed by atoms with van der Waals surface area (Å²) in [7, 11) is 0. The van der Waals surface area contributed by atoms with E-state index in [1.165, 1.54) is 11.3 Å². The van der Waals surface area contributed by atoms with E-state index >= 15 is 0 Å². The number of carbonyl (C=O) groups is 2. The Labute approximate surface area is 173 Å². The Balaban J connectivity index is 1.33. The minimum absolute atomic E-state index is 0.00565. The number of rotatable bonds is 4. The lowest BCUT2D eigenvalue weighted by Crippen LogP contribution is -2.41. The number of likely N-dealkylation sites (tertiary alicyclic amines) is 1. The van der Waals surface area contributed by atoms with Crippen LogP contribution in [0.1, 0.15) is 33.9 Å². The Morgan fingerprint density at radius 1 is 1.14 bits per heavy atom. The van der Waals surface area contributed by atoms with Crippen molar-refractivity contribution in [1.29, 1.82) is 0 Å². The summed E-state index contributed by atoms with van der Waals surface area (Å²) < 4.78 is 1.89. The number of thiazole rings is 1. The first-order chi connectivity index (χ1) is 14.0. The van der Waals surface area contributed by atoms with Gasteiger partial charge in [-0.2, -0.15) is 5.10 Å². The minimum Gasteiger partial charge on any atom is -0.338 e. The molecule has 3 heterocycles. The highest BCUT2D eigenvalue weighted by atomic mass is 32.1. The quantitative estimate of drug-likeness (QED) is 0.716. The second kappa shape index (κ2) is 8.16. The zero-order chi connectivity index (χ0) is 20.4. The van der Waals surface area contributed by atoms with Crippen LogP contribution in [-0.2, 0) is 4.79 Å². The number of piperidine rings is 1. The summed E-state index contributed by atoms with van der Waals surface area (Å²) in [5.41, 5.74) is 5.43. The molecule has 29 heavy (non-hydrogen) atoms. The fourth-order valence-corrected chi connectivity index (χ4v) is 4.23. The zero-order valence-electron chi connectivity index (χ0n) is 16.5. The van der Waals surface area contributed by atoms with Crippen LogP contribution >= 0.6 is 11.3 Å². The van der Waals surface area contributed by atoms with Gasteiger partial charge in [0, 0.05) is 30.4 Å². The molecule has 8 heteroatoms. The van der Waals surface area contributed by atoms with E-state index in [-0.39, 0.29) is 17.7 Å². The normalized spacial score (nSPS) is 14.8. The number of benzene rings is 1. The van der Waals surface area contributed by atoms with Gasteiger partial charge in [-0.25, -0.2) is 4.68 Å². The highest BCUT2D eigenvalue weighted by molar-refractivity contribution is 7.11. The first-order valence-corrected chi connectivity index (χ1v) is 10.5. The van der Waals surface area contributed by atoms with Crippen LogP contribution in [0.25, 0.3) is 5.69 Å². The van der Waals surface area contributed by atoms with E-state index < -0.39 is 0 Å². The lowest BCUT2D eigenvalue weighted by atomic mass is 9.95. The lowest BCUT2D eigenvalue weighted by Gasteiger charge is -2.31. The highest BCUT2D eigenvalue weighted by Crippen LogP contribution is 2.22. The van der Waals surface area contributed by atoms with E-state index in [4.69, 9.17) is 0 Å². The smallest absolute Gasteiger partial charge is 0.265 e. The molecule has 4 rings (SSSR count). The third-order valence-electron chi connectivity index (χ3n) is 5.19. The first kappa shape index (κ1) is 19.3. The van der Waals surface area contributed by atoms with Gasteiger partial charge in [0.15, 0.2) is 0 Å². The minimum atomic E-state index is -0.0869. The molecule has 0 unspecified atom stereocenters. The summed E-state index contributed by atoms with van der Waals surface area (Å²) in [4.78, 5) is 31.5. The third kappa shape index (κ3) is 4.22. The Kier molecular flexibility index (Phi) is 5.44. The molecular formula is C21H23N5O2S. The SMILES string of the molecule is Cc1cc(C)n(-c2ccc(NC(=O)C3CCN(C(=O)c4cncs4)CC3)cc2)n1. The van der Waals surface area contributed by atoms with Crippen LogP contribution < -0.4 is 5.32 Å². The number of nitrogens with zero attached hydrogens (tertiary/aromatic N) is 4. The van der Waals surface area contributed by atoms with Crippen LogP contribution in [-0.4, -0.2) is 44.6 Å². The topological polar surface area (TPSA) is 80.1 Å². The molecule has 2 amide bonds. The molecule has 0 saturated carbocycles. The molecule has 0 atom stereocenters. The van der Waals surface area contributed by atoms with Gasteiger partial charge in [0.2, 0.25) is 5.91 Å². The van der Waals surface area contributed by atoms with E-state index in [1.54, 1.807) is 16.6 Å². The average Bonchev–Trinajstić information content (AvgIpc) is 3.38. The fraction of sp³-hybridized carbons (Fsp3) is 0.333. The summed E-state index contributed by atoms with van der Waals surface area (Å²) in [5.74, 6) is -0.0731. The van der Waals surface area contributed by atoms with E-state index in [0.29, 0.717) is 30.8 Å². The van der Waals surface area contributed by atoms with Crippen molar-refractivity contribution in [3.8, 4) is 5.69 Å². The molecule has 2 aromatic heterocycles. The van der Waals surface area contributed by atoms with E-state index in [0.717, 1.165) is 22.8 Å². The van der Waals surface area contributed by atoms with Crippen LogP contribution in [0, 0.1) is 19.8 Å². The van der Waals surface area contributed by atoms with Crippen molar-refractivity contribution < 1.29 is 9.59 Å². The van der Waals surface area contributed by atoms with Crippen LogP contribution in [0.5, 0.6) is 0 Å². The second-order valence-corrected chi connectivity index (χ2v) is 8.19. The summed E-state index contributed by atoms with van der Waals surface area (Å²) in [6.45, 7) is 5.16. The maximum absolute atomic E-state index is 12.6. The predicted octanol–water partition coefficient (Wildman–Crippen LogP) is 3.44. The van der Waals surface area contributed by atoms with Gasteiger partial charge in [-0.05, 0) is 57.0 Å². The van der Waals surface area contributed by atoms with Gasteiger partial charge < -0.3 is 10.2 Å². The van der Waals surface area contributed by atoms with Crippen molar-refractivity contribution in [2.24, 2.45) is 5.92 Å². The fourth-order valence-electron chi connectivity index (χ4n) is 3.64.